The van der Waals surface area contributed by atoms with Crippen molar-refractivity contribution in [3.05, 3.63) is 52.1 Å². The minimum absolute atomic E-state index is 0.0330. The molecular formula is C19H19Cl2N3O2. The third-order valence-corrected chi connectivity index (χ3v) is 5.52. The second kappa shape index (κ2) is 7.43. The third kappa shape index (κ3) is 3.39. The molecule has 0 saturated carbocycles. The number of rotatable bonds is 3. The molecule has 5 nitrogen and oxygen atoms in total. The third-order valence-electron chi connectivity index (χ3n) is 4.99. The van der Waals surface area contributed by atoms with Crippen LogP contribution in [-0.4, -0.2) is 41.0 Å². The number of ether oxygens (including phenoxy) is 1. The lowest BCUT2D eigenvalue weighted by molar-refractivity contribution is 0.0677. The lowest BCUT2D eigenvalue weighted by Crippen LogP contribution is -2.42. The summed E-state index contributed by atoms with van der Waals surface area (Å²) in [6, 6.07) is 8.97. The van der Waals surface area contributed by atoms with Gasteiger partial charge in [-0.2, -0.15) is 0 Å². The van der Waals surface area contributed by atoms with E-state index in [9.17, 15) is 4.79 Å². The lowest BCUT2D eigenvalue weighted by atomic mass is 10.1. The summed E-state index contributed by atoms with van der Waals surface area (Å²) in [7, 11) is 0. The number of benzene rings is 1. The number of carbonyl (C=O) groups excluding carboxylic acids is 1. The summed E-state index contributed by atoms with van der Waals surface area (Å²) in [5, 5.41) is 4.31. The molecule has 1 aromatic carbocycles. The van der Waals surface area contributed by atoms with Gasteiger partial charge < -0.3 is 15.0 Å². The quantitative estimate of drug-likeness (QED) is 0.853. The first-order chi connectivity index (χ1) is 12.6. The fourth-order valence-electron chi connectivity index (χ4n) is 3.75. The molecule has 2 bridgehead atoms. The van der Waals surface area contributed by atoms with E-state index in [0.717, 1.165) is 32.4 Å². The van der Waals surface area contributed by atoms with E-state index in [1.807, 2.05) is 4.90 Å². The van der Waals surface area contributed by atoms with Gasteiger partial charge in [0, 0.05) is 29.8 Å². The van der Waals surface area contributed by atoms with E-state index in [4.69, 9.17) is 27.9 Å². The predicted octanol–water partition coefficient (Wildman–Crippen LogP) is 4.15. The molecule has 7 heteroatoms. The Morgan fingerprint density at radius 2 is 2.04 bits per heavy atom. The highest BCUT2D eigenvalue weighted by Crippen LogP contribution is 2.34. The molecular weight excluding hydrogens is 373 g/mol. The minimum Gasteiger partial charge on any atom is -0.437 e. The standard InChI is InChI=1S/C19H19Cl2N3O2/c20-12-3-6-17(16(21)10-12)26-18-15(2-1-8-23-18)19(25)24-13-4-5-14(24)11-22-9-7-13/h1-3,6,8,10,13-14,22H,4-5,7,9,11H2. The Bertz CT molecular complexity index is 816. The van der Waals surface area contributed by atoms with E-state index in [0.29, 0.717) is 21.4 Å². The van der Waals surface area contributed by atoms with Gasteiger partial charge in [-0.15, -0.1) is 0 Å². The van der Waals surface area contributed by atoms with Gasteiger partial charge in [0.25, 0.3) is 5.91 Å². The molecule has 2 aliphatic heterocycles. The number of nitrogens with one attached hydrogen (secondary N) is 1. The molecule has 2 aliphatic rings. The van der Waals surface area contributed by atoms with Gasteiger partial charge in [0.05, 0.1) is 5.02 Å². The largest absolute Gasteiger partial charge is 0.437 e. The van der Waals surface area contributed by atoms with Crippen LogP contribution in [0.3, 0.4) is 0 Å². The maximum atomic E-state index is 13.3. The highest BCUT2D eigenvalue weighted by atomic mass is 35.5. The smallest absolute Gasteiger partial charge is 0.259 e. The summed E-state index contributed by atoms with van der Waals surface area (Å²) in [6.07, 6.45) is 4.66. The summed E-state index contributed by atoms with van der Waals surface area (Å²) >= 11 is 12.1. The Kier molecular flexibility index (Phi) is 5.02. The van der Waals surface area contributed by atoms with Crippen molar-refractivity contribution < 1.29 is 9.53 Å². The summed E-state index contributed by atoms with van der Waals surface area (Å²) in [5.41, 5.74) is 0.456. The van der Waals surface area contributed by atoms with Gasteiger partial charge in [-0.05, 0) is 56.1 Å². The average molecular weight is 392 g/mol. The minimum atomic E-state index is -0.0330. The van der Waals surface area contributed by atoms with Crippen molar-refractivity contribution in [3.8, 4) is 11.6 Å². The number of hydrogen-bond donors (Lipinski definition) is 1. The zero-order chi connectivity index (χ0) is 18.1. The average Bonchev–Trinajstić information content (AvgIpc) is 2.90. The number of carbonyl (C=O) groups is 1. The molecule has 4 rings (SSSR count). The van der Waals surface area contributed by atoms with Crippen LogP contribution in [0.5, 0.6) is 11.6 Å². The van der Waals surface area contributed by atoms with Crippen molar-refractivity contribution in [3.63, 3.8) is 0 Å². The summed E-state index contributed by atoms with van der Waals surface area (Å²) in [5.74, 6) is 0.650. The monoisotopic (exact) mass is 391 g/mol. The first-order valence-corrected chi connectivity index (χ1v) is 9.50. The highest BCUT2D eigenvalue weighted by molar-refractivity contribution is 6.35. The topological polar surface area (TPSA) is 54.5 Å². The van der Waals surface area contributed by atoms with Crippen LogP contribution in [0.15, 0.2) is 36.5 Å². The van der Waals surface area contributed by atoms with Gasteiger partial charge in [0.2, 0.25) is 5.88 Å². The van der Waals surface area contributed by atoms with Crippen molar-refractivity contribution >= 4 is 29.1 Å². The summed E-state index contributed by atoms with van der Waals surface area (Å²) < 4.78 is 5.86. The SMILES string of the molecule is O=C(c1cccnc1Oc1ccc(Cl)cc1Cl)N1C2CCNCC1CC2. The predicted molar refractivity (Wildman–Crippen MR) is 101 cm³/mol. The highest BCUT2D eigenvalue weighted by Gasteiger charge is 2.39. The van der Waals surface area contributed by atoms with Gasteiger partial charge in [-0.1, -0.05) is 23.2 Å². The molecule has 2 fully saturated rings. The molecule has 2 saturated heterocycles. The van der Waals surface area contributed by atoms with Gasteiger partial charge >= 0.3 is 0 Å². The molecule has 1 N–H and O–H groups in total. The second-order valence-electron chi connectivity index (χ2n) is 6.62. The Balaban J connectivity index is 1.64. The van der Waals surface area contributed by atoms with Crippen molar-refractivity contribution in [2.45, 2.75) is 31.3 Å². The molecule has 26 heavy (non-hydrogen) atoms. The van der Waals surface area contributed by atoms with Crippen LogP contribution < -0.4 is 10.1 Å². The number of amides is 1. The van der Waals surface area contributed by atoms with Crippen LogP contribution in [0.4, 0.5) is 0 Å². The molecule has 1 amide bonds. The maximum absolute atomic E-state index is 13.3. The zero-order valence-corrected chi connectivity index (χ0v) is 15.6. The Morgan fingerprint density at radius 3 is 2.88 bits per heavy atom. The summed E-state index contributed by atoms with van der Waals surface area (Å²) in [6.45, 7) is 1.78. The van der Waals surface area contributed by atoms with Crippen LogP contribution in [0.2, 0.25) is 10.0 Å². The van der Waals surface area contributed by atoms with Crippen molar-refractivity contribution in [1.82, 2.24) is 15.2 Å². The van der Waals surface area contributed by atoms with E-state index < -0.39 is 0 Å². The number of pyridine rings is 1. The van der Waals surface area contributed by atoms with Crippen LogP contribution in [0, 0.1) is 0 Å². The first kappa shape index (κ1) is 17.6. The Morgan fingerprint density at radius 1 is 1.19 bits per heavy atom. The lowest BCUT2D eigenvalue weighted by Gasteiger charge is -2.28. The van der Waals surface area contributed by atoms with E-state index in [1.54, 1.807) is 36.5 Å². The fraction of sp³-hybridized carbons (Fsp3) is 0.368. The van der Waals surface area contributed by atoms with Crippen molar-refractivity contribution in [2.24, 2.45) is 0 Å². The number of nitrogens with zero attached hydrogens (tertiary/aromatic N) is 2. The normalized spacial score (nSPS) is 22.2. The van der Waals surface area contributed by atoms with E-state index in [-0.39, 0.29) is 23.9 Å². The van der Waals surface area contributed by atoms with E-state index in [1.165, 1.54) is 0 Å². The first-order valence-electron chi connectivity index (χ1n) is 8.75. The molecule has 0 aliphatic carbocycles. The van der Waals surface area contributed by atoms with E-state index >= 15 is 0 Å². The molecule has 2 aromatic rings. The Hall–Kier alpha value is -1.82. The van der Waals surface area contributed by atoms with Gasteiger partial charge in [0.1, 0.15) is 11.3 Å². The summed E-state index contributed by atoms with van der Waals surface area (Å²) in [4.78, 5) is 19.6. The zero-order valence-electron chi connectivity index (χ0n) is 14.1. The number of aromatic nitrogens is 1. The van der Waals surface area contributed by atoms with E-state index in [2.05, 4.69) is 10.3 Å². The van der Waals surface area contributed by atoms with Crippen LogP contribution >= 0.6 is 23.2 Å². The van der Waals surface area contributed by atoms with Crippen LogP contribution in [-0.2, 0) is 0 Å². The van der Waals surface area contributed by atoms with Gasteiger partial charge in [-0.25, -0.2) is 4.98 Å². The van der Waals surface area contributed by atoms with Gasteiger partial charge in [-0.3, -0.25) is 4.79 Å². The number of halogens is 2. The number of fused-ring (bicyclic) bond motifs is 2. The molecule has 0 radical (unpaired) electrons. The fourth-order valence-corrected chi connectivity index (χ4v) is 4.20. The van der Waals surface area contributed by atoms with Gasteiger partial charge in [0.15, 0.2) is 0 Å². The second-order valence-corrected chi connectivity index (χ2v) is 7.47. The van der Waals surface area contributed by atoms with Crippen molar-refractivity contribution in [2.75, 3.05) is 13.1 Å². The molecule has 136 valence electrons. The van der Waals surface area contributed by atoms with Crippen LogP contribution in [0.25, 0.3) is 0 Å². The van der Waals surface area contributed by atoms with Crippen molar-refractivity contribution in [1.29, 1.82) is 0 Å². The number of hydrogen-bond acceptors (Lipinski definition) is 4. The molecule has 2 atom stereocenters. The van der Waals surface area contributed by atoms with Crippen LogP contribution in [0.1, 0.15) is 29.6 Å². The maximum Gasteiger partial charge on any atom is 0.259 e. The molecule has 2 unspecified atom stereocenters. The molecule has 1 aromatic heterocycles. The molecule has 3 heterocycles. The Labute approximate surface area is 162 Å². The molecule has 0 spiro atoms.